The molecular formula is C18H23N3O6S. The van der Waals surface area contributed by atoms with Crippen LogP contribution in [0.5, 0.6) is 0 Å². The Hall–Kier alpha value is -2.75. The van der Waals surface area contributed by atoms with Gasteiger partial charge in [0.25, 0.3) is 0 Å². The molecule has 0 radical (unpaired) electrons. The van der Waals surface area contributed by atoms with Crippen LogP contribution in [0, 0.1) is 0 Å². The molecule has 28 heavy (non-hydrogen) atoms. The second-order valence-corrected chi connectivity index (χ2v) is 7.17. The van der Waals surface area contributed by atoms with Crippen LogP contribution >= 0.6 is 11.8 Å². The summed E-state index contributed by atoms with van der Waals surface area (Å²) in [6.07, 6.45) is -0.520. The first-order valence-corrected chi connectivity index (χ1v) is 9.88. The van der Waals surface area contributed by atoms with Crippen molar-refractivity contribution in [1.82, 2.24) is 10.2 Å². The summed E-state index contributed by atoms with van der Waals surface area (Å²) < 4.78 is 4.94. The lowest BCUT2D eigenvalue weighted by Gasteiger charge is -2.24. The first kappa shape index (κ1) is 21.5. The smallest absolute Gasteiger partial charge is 0.411 e. The number of hydrogen-bond acceptors (Lipinski definition) is 6. The minimum Gasteiger partial charge on any atom is -0.480 e. The zero-order valence-corrected chi connectivity index (χ0v) is 16.5. The van der Waals surface area contributed by atoms with Crippen molar-refractivity contribution in [1.29, 1.82) is 0 Å². The van der Waals surface area contributed by atoms with Gasteiger partial charge >= 0.3 is 12.1 Å². The fourth-order valence-corrected chi connectivity index (χ4v) is 3.82. The Morgan fingerprint density at radius 1 is 1.29 bits per heavy atom. The minimum absolute atomic E-state index is 0.0701. The highest BCUT2D eigenvalue weighted by Gasteiger charge is 2.37. The van der Waals surface area contributed by atoms with Gasteiger partial charge in [0.15, 0.2) is 0 Å². The lowest BCUT2D eigenvalue weighted by Crippen LogP contribution is -2.52. The molecule has 1 aromatic rings. The molecule has 1 heterocycles. The molecule has 2 rings (SSSR count). The highest BCUT2D eigenvalue weighted by atomic mass is 32.2. The van der Waals surface area contributed by atoms with E-state index in [1.165, 1.54) is 23.6 Å². The van der Waals surface area contributed by atoms with Gasteiger partial charge in [-0.1, -0.05) is 12.1 Å². The Bertz CT molecular complexity index is 739. The van der Waals surface area contributed by atoms with Crippen molar-refractivity contribution in [2.24, 2.45) is 0 Å². The number of carboxylic acids is 1. The molecule has 9 nitrogen and oxygen atoms in total. The largest absolute Gasteiger partial charge is 0.480 e. The highest BCUT2D eigenvalue weighted by molar-refractivity contribution is 7.99. The number of carbonyl (C=O) groups is 4. The lowest BCUT2D eigenvalue weighted by molar-refractivity contribution is -0.142. The summed E-state index contributed by atoms with van der Waals surface area (Å²) in [5, 5.41) is 14.6. The third kappa shape index (κ3) is 5.88. The summed E-state index contributed by atoms with van der Waals surface area (Å²) in [6.45, 7) is 3.26. The summed E-state index contributed by atoms with van der Waals surface area (Å²) in [6, 6.07) is 4.77. The number of carbonyl (C=O) groups excluding carboxylic acids is 3. The van der Waals surface area contributed by atoms with E-state index >= 15 is 0 Å². The molecule has 0 spiro atoms. The van der Waals surface area contributed by atoms with Crippen molar-refractivity contribution in [3.8, 4) is 0 Å². The quantitative estimate of drug-likeness (QED) is 0.620. The van der Waals surface area contributed by atoms with E-state index in [9.17, 15) is 24.3 Å². The third-order valence-corrected chi connectivity index (χ3v) is 5.03. The van der Waals surface area contributed by atoms with Crippen molar-refractivity contribution in [2.45, 2.75) is 32.4 Å². The van der Waals surface area contributed by atoms with Gasteiger partial charge in [-0.25, -0.2) is 9.59 Å². The van der Waals surface area contributed by atoms with E-state index in [1.54, 1.807) is 31.2 Å². The Morgan fingerprint density at radius 2 is 1.96 bits per heavy atom. The van der Waals surface area contributed by atoms with E-state index in [-0.39, 0.29) is 18.9 Å². The molecule has 0 aliphatic carbocycles. The van der Waals surface area contributed by atoms with Crippen molar-refractivity contribution in [3.05, 3.63) is 29.8 Å². The molecule has 1 saturated heterocycles. The van der Waals surface area contributed by atoms with Crippen molar-refractivity contribution in [3.63, 3.8) is 0 Å². The first-order chi connectivity index (χ1) is 13.3. The van der Waals surface area contributed by atoms with Crippen molar-refractivity contribution >= 4 is 41.3 Å². The van der Waals surface area contributed by atoms with Crippen LogP contribution in [0.3, 0.4) is 0 Å². The van der Waals surface area contributed by atoms with Gasteiger partial charge in [-0.05, 0) is 24.6 Å². The van der Waals surface area contributed by atoms with E-state index in [4.69, 9.17) is 4.74 Å². The molecule has 0 saturated carbocycles. The maximum Gasteiger partial charge on any atom is 0.411 e. The number of benzene rings is 1. The lowest BCUT2D eigenvalue weighted by atomic mass is 10.0. The molecule has 1 aliphatic rings. The molecule has 152 valence electrons. The normalized spacial score (nSPS) is 16.9. The zero-order chi connectivity index (χ0) is 20.7. The summed E-state index contributed by atoms with van der Waals surface area (Å²) in [5.41, 5.74) is 1.28. The molecule has 1 fully saturated rings. The predicted molar refractivity (Wildman–Crippen MR) is 104 cm³/mol. The fraction of sp³-hybridized carbons (Fsp3) is 0.444. The van der Waals surface area contributed by atoms with Gasteiger partial charge in [0, 0.05) is 24.8 Å². The number of nitrogens with one attached hydrogen (secondary N) is 2. The molecule has 0 aromatic heterocycles. The third-order valence-electron chi connectivity index (χ3n) is 4.02. The van der Waals surface area contributed by atoms with E-state index in [1.807, 2.05) is 0 Å². The van der Waals surface area contributed by atoms with Gasteiger partial charge in [-0.3, -0.25) is 14.5 Å². The average molecular weight is 409 g/mol. The van der Waals surface area contributed by atoms with E-state index in [2.05, 4.69) is 10.6 Å². The number of rotatable bonds is 7. The molecule has 1 aromatic carbocycles. The monoisotopic (exact) mass is 409 g/mol. The number of amides is 3. The topological polar surface area (TPSA) is 125 Å². The number of carboxylic acid groups (broad SMARTS) is 1. The van der Waals surface area contributed by atoms with E-state index in [0.717, 1.165) is 0 Å². The summed E-state index contributed by atoms with van der Waals surface area (Å²) >= 11 is 1.40. The Balaban J connectivity index is 2.02. The SMILES string of the molecule is CCOC(=O)N1CSCC1C(=O)NC(Cc1ccc(NC(C)=O)cc1)C(=O)O. The predicted octanol–water partition coefficient (Wildman–Crippen LogP) is 1.29. The Labute approximate surface area is 166 Å². The molecule has 3 N–H and O–H groups in total. The Morgan fingerprint density at radius 3 is 2.54 bits per heavy atom. The Kier molecular flexibility index (Phi) is 7.68. The molecule has 0 bridgehead atoms. The first-order valence-electron chi connectivity index (χ1n) is 8.72. The van der Waals surface area contributed by atoms with Gasteiger partial charge in [-0.15, -0.1) is 11.8 Å². The molecular weight excluding hydrogens is 386 g/mol. The van der Waals surface area contributed by atoms with Crippen molar-refractivity contribution < 1.29 is 29.0 Å². The maximum absolute atomic E-state index is 12.6. The van der Waals surface area contributed by atoms with Gasteiger partial charge in [-0.2, -0.15) is 0 Å². The second kappa shape index (κ2) is 9.98. The van der Waals surface area contributed by atoms with Crippen LogP contribution in [0.15, 0.2) is 24.3 Å². The number of aliphatic carboxylic acids is 1. The van der Waals surface area contributed by atoms with Crippen LogP contribution < -0.4 is 10.6 Å². The molecule has 1 aliphatic heterocycles. The van der Waals surface area contributed by atoms with E-state index in [0.29, 0.717) is 22.9 Å². The number of thioether (sulfide) groups is 1. The van der Waals surface area contributed by atoms with E-state index < -0.39 is 30.1 Å². The van der Waals surface area contributed by atoms with Gasteiger partial charge in [0.2, 0.25) is 11.8 Å². The van der Waals surface area contributed by atoms with Crippen molar-refractivity contribution in [2.75, 3.05) is 23.6 Å². The van der Waals surface area contributed by atoms with Gasteiger partial charge in [0.05, 0.1) is 12.5 Å². The molecule has 2 unspecified atom stereocenters. The van der Waals surface area contributed by atoms with Crippen LogP contribution in [0.25, 0.3) is 0 Å². The van der Waals surface area contributed by atoms with Crippen LogP contribution in [-0.2, 0) is 25.5 Å². The number of anilines is 1. The maximum atomic E-state index is 12.6. The molecule has 10 heteroatoms. The average Bonchev–Trinajstić information content (AvgIpc) is 3.12. The minimum atomic E-state index is -1.17. The zero-order valence-electron chi connectivity index (χ0n) is 15.6. The van der Waals surface area contributed by atoms with Crippen LogP contribution in [-0.4, -0.2) is 64.2 Å². The molecule has 3 amide bonds. The summed E-state index contributed by atoms with van der Waals surface area (Å²) in [7, 11) is 0. The summed E-state index contributed by atoms with van der Waals surface area (Å²) in [4.78, 5) is 48.5. The second-order valence-electron chi connectivity index (χ2n) is 6.17. The number of nitrogens with zero attached hydrogens (tertiary/aromatic N) is 1. The highest BCUT2D eigenvalue weighted by Crippen LogP contribution is 2.22. The summed E-state index contributed by atoms with van der Waals surface area (Å²) in [5.74, 6) is -1.21. The standard InChI is InChI=1S/C18H23N3O6S/c1-3-27-18(26)21-10-28-9-15(21)16(23)20-14(17(24)25)8-12-4-6-13(7-5-12)19-11(2)22/h4-7,14-15H,3,8-10H2,1-2H3,(H,19,22)(H,20,23)(H,24,25). The van der Waals surface area contributed by atoms with Gasteiger partial charge < -0.3 is 20.5 Å². The fourth-order valence-electron chi connectivity index (χ4n) is 2.68. The molecule has 2 atom stereocenters. The number of hydrogen-bond donors (Lipinski definition) is 3. The number of ether oxygens (including phenoxy) is 1. The van der Waals surface area contributed by atoms with Gasteiger partial charge in [0.1, 0.15) is 12.1 Å². The van der Waals surface area contributed by atoms with Crippen LogP contribution in [0.4, 0.5) is 10.5 Å². The van der Waals surface area contributed by atoms with Crippen LogP contribution in [0.1, 0.15) is 19.4 Å². The van der Waals surface area contributed by atoms with Crippen LogP contribution in [0.2, 0.25) is 0 Å².